The Morgan fingerprint density at radius 2 is 1.82 bits per heavy atom. The van der Waals surface area contributed by atoms with Crippen molar-refractivity contribution in [3.05, 3.63) is 63.6 Å². The highest BCUT2D eigenvalue weighted by molar-refractivity contribution is 7.89. The van der Waals surface area contributed by atoms with Gasteiger partial charge in [0.05, 0.1) is 14.9 Å². The zero-order valence-corrected chi connectivity index (χ0v) is 14.0. The molecule has 116 valence electrons. The van der Waals surface area contributed by atoms with Gasteiger partial charge in [-0.25, -0.2) is 13.1 Å². The van der Waals surface area contributed by atoms with E-state index >= 15 is 0 Å². The predicted molar refractivity (Wildman–Crippen MR) is 88.9 cm³/mol. The van der Waals surface area contributed by atoms with Gasteiger partial charge in [-0.3, -0.25) is 0 Å². The summed E-state index contributed by atoms with van der Waals surface area (Å²) < 4.78 is 27.9. The summed E-state index contributed by atoms with van der Waals surface area (Å²) in [5, 5.41) is 0.567. The van der Waals surface area contributed by atoms with Crippen molar-refractivity contribution in [3.8, 4) is 0 Å². The minimum atomic E-state index is -3.63. The molecule has 0 aromatic heterocycles. The molecule has 1 unspecified atom stereocenters. The Balaban J connectivity index is 1.91. The third kappa shape index (κ3) is 3.15. The molecule has 1 N–H and O–H groups in total. The van der Waals surface area contributed by atoms with E-state index in [0.717, 1.165) is 24.8 Å². The van der Waals surface area contributed by atoms with Crippen LogP contribution >= 0.6 is 23.2 Å². The second-order valence-electron chi connectivity index (χ2n) is 5.34. The molecular weight excluding hydrogens is 341 g/mol. The SMILES string of the molecule is O=S(=O)(NC1CCCc2ccccc21)c1ccc(Cl)c(Cl)c1. The van der Waals surface area contributed by atoms with E-state index in [1.54, 1.807) is 0 Å². The number of benzene rings is 2. The summed E-state index contributed by atoms with van der Waals surface area (Å²) in [6.45, 7) is 0. The molecule has 3 rings (SSSR count). The van der Waals surface area contributed by atoms with Crippen molar-refractivity contribution >= 4 is 33.2 Å². The molecule has 0 radical (unpaired) electrons. The van der Waals surface area contributed by atoms with Gasteiger partial charge in [-0.05, 0) is 48.6 Å². The molecule has 0 bridgehead atoms. The van der Waals surface area contributed by atoms with Crippen LogP contribution in [0.5, 0.6) is 0 Å². The van der Waals surface area contributed by atoms with E-state index < -0.39 is 10.0 Å². The fourth-order valence-electron chi connectivity index (χ4n) is 2.78. The molecule has 1 atom stereocenters. The van der Waals surface area contributed by atoms with Crippen LogP contribution in [0.4, 0.5) is 0 Å². The highest BCUT2D eigenvalue weighted by Gasteiger charge is 2.25. The standard InChI is InChI=1S/C16H15Cl2NO2S/c17-14-9-8-12(10-15(14)18)22(20,21)19-16-7-3-5-11-4-1-2-6-13(11)16/h1-2,4,6,8-10,16,19H,3,5,7H2. The quantitative estimate of drug-likeness (QED) is 0.889. The Morgan fingerprint density at radius 3 is 2.59 bits per heavy atom. The van der Waals surface area contributed by atoms with Crippen molar-refractivity contribution in [2.45, 2.75) is 30.2 Å². The lowest BCUT2D eigenvalue weighted by atomic mass is 9.88. The van der Waals surface area contributed by atoms with Crippen molar-refractivity contribution in [2.24, 2.45) is 0 Å². The Bertz CT molecular complexity index is 806. The third-order valence-corrected chi connectivity index (χ3v) is 6.08. The fraction of sp³-hybridized carbons (Fsp3) is 0.250. The summed E-state index contributed by atoms with van der Waals surface area (Å²) in [7, 11) is -3.63. The van der Waals surface area contributed by atoms with Crippen LogP contribution in [0, 0.1) is 0 Å². The Morgan fingerprint density at radius 1 is 1.05 bits per heavy atom. The topological polar surface area (TPSA) is 46.2 Å². The van der Waals surface area contributed by atoms with Gasteiger partial charge >= 0.3 is 0 Å². The number of aryl methyl sites for hydroxylation is 1. The summed E-state index contributed by atoms with van der Waals surface area (Å²) in [6, 6.07) is 12.1. The van der Waals surface area contributed by atoms with Crippen molar-refractivity contribution in [2.75, 3.05) is 0 Å². The maximum absolute atomic E-state index is 12.6. The predicted octanol–water partition coefficient (Wildman–Crippen LogP) is 4.35. The van der Waals surface area contributed by atoms with Crippen LogP contribution in [0.15, 0.2) is 47.4 Å². The fourth-order valence-corrected chi connectivity index (χ4v) is 4.41. The first-order chi connectivity index (χ1) is 10.5. The van der Waals surface area contributed by atoms with Gasteiger partial charge < -0.3 is 0 Å². The number of fused-ring (bicyclic) bond motifs is 1. The summed E-state index contributed by atoms with van der Waals surface area (Å²) in [4.78, 5) is 0.130. The minimum Gasteiger partial charge on any atom is -0.207 e. The average Bonchev–Trinajstić information content (AvgIpc) is 2.50. The third-order valence-electron chi connectivity index (χ3n) is 3.87. The maximum Gasteiger partial charge on any atom is 0.241 e. The normalized spacial score (nSPS) is 18.0. The van der Waals surface area contributed by atoms with Gasteiger partial charge in [-0.1, -0.05) is 47.5 Å². The second kappa shape index (κ2) is 6.20. The molecule has 0 heterocycles. The molecule has 3 nitrogen and oxygen atoms in total. The summed E-state index contributed by atoms with van der Waals surface area (Å²) in [5.41, 5.74) is 2.26. The largest absolute Gasteiger partial charge is 0.241 e. The van der Waals surface area contributed by atoms with Crippen LogP contribution in [0.1, 0.15) is 30.0 Å². The Hall–Kier alpha value is -1.07. The smallest absolute Gasteiger partial charge is 0.207 e. The monoisotopic (exact) mass is 355 g/mol. The van der Waals surface area contributed by atoms with Crippen molar-refractivity contribution in [1.29, 1.82) is 0 Å². The van der Waals surface area contributed by atoms with E-state index in [4.69, 9.17) is 23.2 Å². The lowest BCUT2D eigenvalue weighted by Gasteiger charge is -2.26. The van der Waals surface area contributed by atoms with E-state index in [1.807, 2.05) is 18.2 Å². The van der Waals surface area contributed by atoms with Crippen LogP contribution < -0.4 is 4.72 Å². The van der Waals surface area contributed by atoms with Crippen LogP contribution in [-0.4, -0.2) is 8.42 Å². The zero-order chi connectivity index (χ0) is 15.7. The molecule has 1 aliphatic rings. The molecule has 2 aromatic carbocycles. The van der Waals surface area contributed by atoms with Gasteiger partial charge in [-0.2, -0.15) is 0 Å². The number of halogens is 2. The van der Waals surface area contributed by atoms with Gasteiger partial charge in [0.25, 0.3) is 0 Å². The highest BCUT2D eigenvalue weighted by Crippen LogP contribution is 2.31. The Kier molecular flexibility index (Phi) is 4.46. The number of hydrogen-bond acceptors (Lipinski definition) is 2. The molecule has 6 heteroatoms. The first-order valence-corrected chi connectivity index (χ1v) is 9.26. The number of nitrogens with one attached hydrogen (secondary N) is 1. The molecule has 0 saturated carbocycles. The van der Waals surface area contributed by atoms with Crippen molar-refractivity contribution < 1.29 is 8.42 Å². The molecule has 22 heavy (non-hydrogen) atoms. The van der Waals surface area contributed by atoms with Crippen molar-refractivity contribution in [1.82, 2.24) is 4.72 Å². The molecule has 0 saturated heterocycles. The molecular formula is C16H15Cl2NO2S. The molecule has 0 amide bonds. The van der Waals surface area contributed by atoms with E-state index in [2.05, 4.69) is 10.8 Å². The number of hydrogen-bond donors (Lipinski definition) is 1. The van der Waals surface area contributed by atoms with Gasteiger partial charge in [0.15, 0.2) is 0 Å². The van der Waals surface area contributed by atoms with Crippen LogP contribution in [0.25, 0.3) is 0 Å². The maximum atomic E-state index is 12.6. The first kappa shape index (κ1) is 15.8. The molecule has 0 fully saturated rings. The second-order valence-corrected chi connectivity index (χ2v) is 7.87. The molecule has 2 aromatic rings. The zero-order valence-electron chi connectivity index (χ0n) is 11.7. The number of rotatable bonds is 3. The van der Waals surface area contributed by atoms with E-state index in [-0.39, 0.29) is 16.0 Å². The van der Waals surface area contributed by atoms with E-state index in [1.165, 1.54) is 23.8 Å². The van der Waals surface area contributed by atoms with Gasteiger partial charge in [-0.15, -0.1) is 0 Å². The van der Waals surface area contributed by atoms with E-state index in [9.17, 15) is 8.42 Å². The lowest BCUT2D eigenvalue weighted by molar-refractivity contribution is 0.507. The summed E-state index contributed by atoms with van der Waals surface area (Å²) in [6.07, 6.45) is 2.74. The van der Waals surface area contributed by atoms with Crippen molar-refractivity contribution in [3.63, 3.8) is 0 Å². The summed E-state index contributed by atoms with van der Waals surface area (Å²) in [5.74, 6) is 0. The average molecular weight is 356 g/mol. The Labute approximate surface area is 140 Å². The van der Waals surface area contributed by atoms with Crippen LogP contribution in [0.2, 0.25) is 10.0 Å². The molecule has 0 spiro atoms. The summed E-state index contributed by atoms with van der Waals surface area (Å²) >= 11 is 11.8. The minimum absolute atomic E-state index is 0.130. The van der Waals surface area contributed by atoms with Gasteiger partial charge in [0.2, 0.25) is 10.0 Å². The number of sulfonamides is 1. The highest BCUT2D eigenvalue weighted by atomic mass is 35.5. The molecule has 1 aliphatic carbocycles. The van der Waals surface area contributed by atoms with Gasteiger partial charge in [0.1, 0.15) is 0 Å². The first-order valence-electron chi connectivity index (χ1n) is 7.02. The molecule has 0 aliphatic heterocycles. The van der Waals surface area contributed by atoms with Gasteiger partial charge in [0, 0.05) is 6.04 Å². The van der Waals surface area contributed by atoms with Crippen LogP contribution in [-0.2, 0) is 16.4 Å². The lowest BCUT2D eigenvalue weighted by Crippen LogP contribution is -2.31. The van der Waals surface area contributed by atoms with Crippen LogP contribution in [0.3, 0.4) is 0 Å². The van der Waals surface area contributed by atoms with E-state index in [0.29, 0.717) is 5.02 Å².